The van der Waals surface area contributed by atoms with Crippen molar-refractivity contribution in [1.82, 2.24) is 10.2 Å². The van der Waals surface area contributed by atoms with Crippen LogP contribution in [0.2, 0.25) is 0 Å². The van der Waals surface area contributed by atoms with Crippen LogP contribution in [0.15, 0.2) is 0 Å². The Morgan fingerprint density at radius 3 is 2.85 bits per heavy atom. The molecule has 1 aliphatic heterocycles. The van der Waals surface area contributed by atoms with Crippen molar-refractivity contribution in [3.8, 4) is 0 Å². The summed E-state index contributed by atoms with van der Waals surface area (Å²) >= 11 is 0. The Kier molecular flexibility index (Phi) is 3.69. The third kappa shape index (κ3) is 2.97. The molecule has 1 amide bonds. The Hall–Kier alpha value is -0.610. The van der Waals surface area contributed by atoms with Crippen molar-refractivity contribution in [2.24, 2.45) is 5.92 Å². The first kappa shape index (κ1) is 10.5. The lowest BCUT2D eigenvalue weighted by molar-refractivity contribution is -0.134. The van der Waals surface area contributed by atoms with Crippen molar-refractivity contribution in [3.05, 3.63) is 0 Å². The van der Waals surface area contributed by atoms with Crippen LogP contribution in [0, 0.1) is 5.92 Å². The van der Waals surface area contributed by atoms with Gasteiger partial charge in [0, 0.05) is 13.1 Å². The molecule has 1 rings (SSSR count). The van der Waals surface area contributed by atoms with Gasteiger partial charge in [-0.25, -0.2) is 0 Å². The topological polar surface area (TPSA) is 52.6 Å². The maximum absolute atomic E-state index is 11.4. The van der Waals surface area contributed by atoms with Crippen LogP contribution >= 0.6 is 0 Å². The quantitative estimate of drug-likeness (QED) is 0.607. The van der Waals surface area contributed by atoms with Crippen molar-refractivity contribution >= 4 is 5.91 Å². The van der Waals surface area contributed by atoms with E-state index in [0.717, 1.165) is 13.0 Å². The van der Waals surface area contributed by atoms with Crippen molar-refractivity contribution in [1.29, 1.82) is 0 Å². The number of piperidine rings is 1. The number of likely N-dealkylation sites (tertiary alicyclic amines) is 1. The van der Waals surface area contributed by atoms with E-state index in [4.69, 9.17) is 0 Å². The minimum Gasteiger partial charge on any atom is -0.391 e. The fraction of sp³-hybridized carbons (Fsp3) is 0.889. The molecule has 13 heavy (non-hydrogen) atoms. The van der Waals surface area contributed by atoms with Gasteiger partial charge in [0.05, 0.1) is 12.6 Å². The zero-order valence-electron chi connectivity index (χ0n) is 8.29. The number of β-amino-alcohol motifs (C(OH)–C–C–N with tert-alkyl or cyclic N) is 1. The smallest absolute Gasteiger partial charge is 0.236 e. The molecular weight excluding hydrogens is 168 g/mol. The van der Waals surface area contributed by atoms with Gasteiger partial charge in [-0.1, -0.05) is 6.92 Å². The molecule has 0 aromatic carbocycles. The van der Waals surface area contributed by atoms with Gasteiger partial charge >= 0.3 is 0 Å². The minimum atomic E-state index is -0.343. The van der Waals surface area contributed by atoms with Gasteiger partial charge in [0.1, 0.15) is 0 Å². The summed E-state index contributed by atoms with van der Waals surface area (Å²) in [6.45, 7) is 3.68. The lowest BCUT2D eigenvalue weighted by atomic mass is 9.98. The summed E-state index contributed by atoms with van der Waals surface area (Å²) in [5, 5.41) is 12.3. The van der Waals surface area contributed by atoms with Gasteiger partial charge in [0.25, 0.3) is 0 Å². The van der Waals surface area contributed by atoms with Gasteiger partial charge < -0.3 is 15.3 Å². The highest BCUT2D eigenvalue weighted by Crippen LogP contribution is 2.15. The van der Waals surface area contributed by atoms with Crippen LogP contribution in [0.4, 0.5) is 0 Å². The maximum atomic E-state index is 11.4. The molecule has 1 saturated heterocycles. The Labute approximate surface area is 78.9 Å². The number of hydrogen-bond acceptors (Lipinski definition) is 3. The van der Waals surface area contributed by atoms with Crippen LogP contribution in [-0.4, -0.2) is 48.7 Å². The van der Waals surface area contributed by atoms with Gasteiger partial charge in [0.2, 0.25) is 5.91 Å². The van der Waals surface area contributed by atoms with Gasteiger partial charge in [-0.3, -0.25) is 4.79 Å². The number of nitrogens with one attached hydrogen (secondary N) is 1. The normalized spacial score (nSPS) is 29.0. The molecule has 0 radical (unpaired) electrons. The Morgan fingerprint density at radius 1 is 1.62 bits per heavy atom. The highest BCUT2D eigenvalue weighted by Gasteiger charge is 2.25. The summed E-state index contributed by atoms with van der Waals surface area (Å²) in [4.78, 5) is 13.2. The number of hydrogen-bond donors (Lipinski definition) is 2. The predicted molar refractivity (Wildman–Crippen MR) is 50.3 cm³/mol. The molecule has 0 aromatic rings. The van der Waals surface area contributed by atoms with Crippen LogP contribution in [0.3, 0.4) is 0 Å². The van der Waals surface area contributed by atoms with E-state index in [1.165, 1.54) is 0 Å². The largest absolute Gasteiger partial charge is 0.391 e. The number of aliphatic hydroxyl groups is 1. The van der Waals surface area contributed by atoms with E-state index in [9.17, 15) is 9.90 Å². The summed E-state index contributed by atoms with van der Waals surface area (Å²) in [7, 11) is 1.75. The molecule has 1 heterocycles. The van der Waals surface area contributed by atoms with E-state index in [-0.39, 0.29) is 12.0 Å². The molecule has 4 heteroatoms. The predicted octanol–water partition coefficient (Wildman–Crippen LogP) is -0.565. The molecule has 0 unspecified atom stereocenters. The molecule has 0 saturated carbocycles. The van der Waals surface area contributed by atoms with E-state index >= 15 is 0 Å². The zero-order valence-corrected chi connectivity index (χ0v) is 8.29. The van der Waals surface area contributed by atoms with Crippen LogP contribution < -0.4 is 5.32 Å². The second kappa shape index (κ2) is 4.58. The van der Waals surface area contributed by atoms with Crippen LogP contribution in [0.5, 0.6) is 0 Å². The minimum absolute atomic E-state index is 0.0769. The fourth-order valence-electron chi connectivity index (χ4n) is 1.79. The van der Waals surface area contributed by atoms with Crippen molar-refractivity contribution < 1.29 is 9.90 Å². The van der Waals surface area contributed by atoms with Crippen molar-refractivity contribution in [3.63, 3.8) is 0 Å². The number of carbonyl (C=O) groups excluding carboxylic acids is 1. The molecular formula is C9H18N2O2. The molecule has 2 atom stereocenters. The summed E-state index contributed by atoms with van der Waals surface area (Å²) in [6.07, 6.45) is 0.466. The lowest BCUT2D eigenvalue weighted by Crippen LogP contribution is -2.48. The second-order valence-corrected chi connectivity index (χ2v) is 3.82. The first-order valence-corrected chi connectivity index (χ1v) is 4.74. The number of rotatable bonds is 2. The van der Waals surface area contributed by atoms with E-state index in [1.54, 1.807) is 11.9 Å². The van der Waals surface area contributed by atoms with Gasteiger partial charge in [-0.2, -0.15) is 0 Å². The van der Waals surface area contributed by atoms with E-state index in [2.05, 4.69) is 12.2 Å². The molecule has 4 nitrogen and oxygen atoms in total. The average Bonchev–Trinajstić information content (AvgIpc) is 2.03. The lowest BCUT2D eigenvalue weighted by Gasteiger charge is -2.34. The standard InChI is InChI=1S/C9H18N2O2/c1-7-3-8(12)6-11(5-7)9(13)4-10-2/h7-8,10,12H,3-6H2,1-2H3/t7-,8+/m0/s1. The average molecular weight is 186 g/mol. The number of likely N-dealkylation sites (N-methyl/N-ethyl adjacent to an activating group) is 1. The van der Waals surface area contributed by atoms with E-state index in [1.807, 2.05) is 0 Å². The van der Waals surface area contributed by atoms with E-state index in [0.29, 0.717) is 19.0 Å². The monoisotopic (exact) mass is 186 g/mol. The van der Waals surface area contributed by atoms with Crippen LogP contribution in [0.1, 0.15) is 13.3 Å². The maximum Gasteiger partial charge on any atom is 0.236 e. The molecule has 76 valence electrons. The Balaban J connectivity index is 2.45. The molecule has 0 spiro atoms. The summed E-state index contributed by atoms with van der Waals surface area (Å²) < 4.78 is 0. The van der Waals surface area contributed by atoms with Crippen LogP contribution in [-0.2, 0) is 4.79 Å². The molecule has 0 aliphatic carbocycles. The number of nitrogens with zero attached hydrogens (tertiary/aromatic N) is 1. The second-order valence-electron chi connectivity index (χ2n) is 3.82. The molecule has 1 fully saturated rings. The first-order valence-electron chi connectivity index (χ1n) is 4.74. The van der Waals surface area contributed by atoms with Crippen molar-refractivity contribution in [2.45, 2.75) is 19.4 Å². The van der Waals surface area contributed by atoms with Gasteiger partial charge in [-0.05, 0) is 19.4 Å². The summed E-state index contributed by atoms with van der Waals surface area (Å²) in [6, 6.07) is 0. The molecule has 1 aliphatic rings. The summed E-state index contributed by atoms with van der Waals surface area (Å²) in [5.41, 5.74) is 0. The first-order chi connectivity index (χ1) is 6.13. The SMILES string of the molecule is CNCC(=O)N1C[C@@H](C)C[C@@H](O)C1. The highest BCUT2D eigenvalue weighted by molar-refractivity contribution is 5.78. The molecule has 0 aromatic heterocycles. The third-order valence-electron chi connectivity index (χ3n) is 2.32. The number of amides is 1. The fourth-order valence-corrected chi connectivity index (χ4v) is 1.79. The molecule has 0 bridgehead atoms. The van der Waals surface area contributed by atoms with E-state index < -0.39 is 0 Å². The Morgan fingerprint density at radius 2 is 2.31 bits per heavy atom. The zero-order chi connectivity index (χ0) is 9.84. The number of carbonyl (C=O) groups is 1. The van der Waals surface area contributed by atoms with Gasteiger partial charge in [-0.15, -0.1) is 0 Å². The van der Waals surface area contributed by atoms with Crippen LogP contribution in [0.25, 0.3) is 0 Å². The third-order valence-corrected chi connectivity index (χ3v) is 2.32. The Bertz CT molecular complexity index is 174. The number of aliphatic hydroxyl groups excluding tert-OH is 1. The summed E-state index contributed by atoms with van der Waals surface area (Å²) in [5.74, 6) is 0.484. The highest BCUT2D eigenvalue weighted by atomic mass is 16.3. The molecule has 2 N–H and O–H groups in total. The van der Waals surface area contributed by atoms with Gasteiger partial charge in [0.15, 0.2) is 0 Å². The van der Waals surface area contributed by atoms with Crippen molar-refractivity contribution in [2.75, 3.05) is 26.7 Å².